The number of aromatic amines is 1. The number of nitrogens with one attached hydrogen (secondary N) is 3. The number of carbonyl (C=O) groups excluding carboxylic acids is 2. The molecule has 0 saturated heterocycles. The molecule has 2 aromatic carbocycles. The summed E-state index contributed by atoms with van der Waals surface area (Å²) < 4.78 is 111. The predicted molar refractivity (Wildman–Crippen MR) is 160 cm³/mol. The molecule has 39 heavy (non-hydrogen) atoms. The van der Waals surface area contributed by atoms with Gasteiger partial charge in [-0.25, -0.2) is 4.98 Å². The van der Waals surface area contributed by atoms with Crippen molar-refractivity contribution in [3.05, 3.63) is 82.0 Å². The van der Waals surface area contributed by atoms with Gasteiger partial charge in [-0.1, -0.05) is 50.1 Å². The molecule has 200 valence electrons. The largest absolute Gasteiger partial charge is 0.358 e. The molecule has 0 unspecified atom stereocenters. The van der Waals surface area contributed by atoms with Crippen LogP contribution in [-0.2, 0) is 4.79 Å². The number of benzene rings is 2. The van der Waals surface area contributed by atoms with E-state index in [4.69, 9.17) is 24.2 Å². The van der Waals surface area contributed by atoms with Gasteiger partial charge >= 0.3 is 0 Å². The van der Waals surface area contributed by atoms with Crippen LogP contribution in [0.2, 0.25) is 0 Å². The maximum absolute atomic E-state index is 13.6. The Balaban J connectivity index is 1.48. The second-order valence-electron chi connectivity index (χ2n) is 8.59. The fraction of sp³-hybridized carbons (Fsp3) is 0.258. The van der Waals surface area contributed by atoms with Gasteiger partial charge < -0.3 is 20.5 Å². The summed E-state index contributed by atoms with van der Waals surface area (Å²) >= 11 is 1.46. The molecular weight excluding hydrogens is 506 g/mol. The molecule has 0 atom stereocenters. The molecule has 0 fully saturated rings. The minimum Gasteiger partial charge on any atom is -0.358 e. The number of thiazole rings is 1. The standard InChI is InChI=1S/C31H33N5O2S/c1-5-36(6-2)15-14-32-30(38)28-19(3)26(33-20(28)4)17-24-23-16-22(12-13-25(23)34-29(24)37)27-18-39-31(35-27)21-10-8-7-9-11-21/h7-13,16-18,33H,5-6,14-15H2,1-4H3,(H,32,38)(H,34,37)/b24-17-/i1D3,2D3,5D2,6D2,14D2,15D2. The molecule has 5 rings (SSSR count). The number of H-pyrrole nitrogens is 1. The second-order valence-corrected chi connectivity index (χ2v) is 9.45. The quantitative estimate of drug-likeness (QED) is 0.222. The summed E-state index contributed by atoms with van der Waals surface area (Å²) in [6, 6.07) is 15.0. The first-order chi connectivity index (χ1) is 24.2. The van der Waals surface area contributed by atoms with Crippen LogP contribution in [-0.4, -0.2) is 52.7 Å². The molecule has 0 saturated carbocycles. The number of hydrogen-bond donors (Lipinski definition) is 3. The van der Waals surface area contributed by atoms with Crippen molar-refractivity contribution in [2.45, 2.75) is 27.6 Å². The van der Waals surface area contributed by atoms with Gasteiger partial charge in [0.05, 0.1) is 19.6 Å². The first kappa shape index (κ1) is 14.4. The van der Waals surface area contributed by atoms with Gasteiger partial charge in [-0.2, -0.15) is 0 Å². The van der Waals surface area contributed by atoms with Crippen LogP contribution in [0.1, 0.15) is 65.8 Å². The van der Waals surface area contributed by atoms with Gasteiger partial charge in [0, 0.05) is 68.6 Å². The number of anilines is 1. The second kappa shape index (κ2) is 11.4. The normalized spacial score (nSPS) is 21.1. The molecule has 2 aromatic heterocycles. The van der Waals surface area contributed by atoms with Gasteiger partial charge in [-0.05, 0) is 50.6 Å². The van der Waals surface area contributed by atoms with Crippen LogP contribution in [0.15, 0.2) is 53.9 Å². The molecule has 7 nitrogen and oxygen atoms in total. The third kappa shape index (κ3) is 5.44. The smallest absolute Gasteiger partial charge is 0.256 e. The summed E-state index contributed by atoms with van der Waals surface area (Å²) in [4.78, 5) is 33.6. The lowest BCUT2D eigenvalue weighted by molar-refractivity contribution is -0.110. The van der Waals surface area contributed by atoms with E-state index in [1.807, 2.05) is 41.8 Å². The highest BCUT2D eigenvalue weighted by molar-refractivity contribution is 7.13. The Labute approximate surface area is 252 Å². The maximum atomic E-state index is 13.6. The molecule has 2 amide bonds. The van der Waals surface area contributed by atoms with Crippen molar-refractivity contribution in [1.29, 1.82) is 0 Å². The van der Waals surface area contributed by atoms with E-state index in [2.05, 4.69) is 10.3 Å². The fourth-order valence-electron chi connectivity index (χ4n) is 4.30. The summed E-state index contributed by atoms with van der Waals surface area (Å²) in [7, 11) is 0. The van der Waals surface area contributed by atoms with Crippen molar-refractivity contribution in [1.82, 2.24) is 20.2 Å². The first-order valence-electron chi connectivity index (χ1n) is 18.7. The number of aromatic nitrogens is 2. The third-order valence-electron chi connectivity index (χ3n) is 6.18. The zero-order chi connectivity index (χ0) is 39.7. The Morgan fingerprint density at radius 1 is 1.15 bits per heavy atom. The molecule has 0 bridgehead atoms. The zero-order valence-corrected chi connectivity index (χ0v) is 21.7. The van der Waals surface area contributed by atoms with Crippen LogP contribution in [0.5, 0.6) is 0 Å². The minimum absolute atomic E-state index is 0.138. The highest BCUT2D eigenvalue weighted by Gasteiger charge is 2.26. The molecule has 4 aromatic rings. The van der Waals surface area contributed by atoms with Crippen molar-refractivity contribution in [3.63, 3.8) is 0 Å². The Morgan fingerprint density at radius 3 is 2.72 bits per heavy atom. The summed E-state index contributed by atoms with van der Waals surface area (Å²) in [6.45, 7) is -20.9. The van der Waals surface area contributed by atoms with Crippen LogP contribution >= 0.6 is 11.3 Å². The fourth-order valence-corrected chi connectivity index (χ4v) is 5.14. The van der Waals surface area contributed by atoms with Gasteiger partial charge in [0.1, 0.15) is 5.01 Å². The maximum Gasteiger partial charge on any atom is 0.256 e. The summed E-state index contributed by atoms with van der Waals surface area (Å²) in [5.74, 6) is -1.73. The van der Waals surface area contributed by atoms with Crippen LogP contribution in [0.3, 0.4) is 0 Å². The number of fused-ring (bicyclic) bond motifs is 1. The van der Waals surface area contributed by atoms with E-state index in [1.165, 1.54) is 31.3 Å². The summed E-state index contributed by atoms with van der Waals surface area (Å²) in [5.41, 5.74) is 4.01. The highest BCUT2D eigenvalue weighted by Crippen LogP contribution is 2.38. The molecule has 0 spiro atoms. The number of aryl methyl sites for hydroxylation is 1. The number of rotatable bonds is 9. The van der Waals surface area contributed by atoms with Gasteiger partial charge in [-0.3, -0.25) is 9.59 Å². The van der Waals surface area contributed by atoms with E-state index in [-0.39, 0.29) is 28.1 Å². The Hall–Kier alpha value is -4.01. The summed E-state index contributed by atoms with van der Waals surface area (Å²) in [5, 5.41) is 7.24. The average Bonchev–Trinajstić information content (AvgIpc) is 3.71. The van der Waals surface area contributed by atoms with Crippen molar-refractivity contribution in [3.8, 4) is 21.8 Å². The molecular formula is C31H33N5O2S. The molecule has 8 heteroatoms. The van der Waals surface area contributed by atoms with E-state index in [0.717, 1.165) is 16.1 Å². The highest BCUT2D eigenvalue weighted by atomic mass is 32.1. The predicted octanol–water partition coefficient (Wildman–Crippen LogP) is 5.99. The number of hydrogen-bond acceptors (Lipinski definition) is 5. The lowest BCUT2D eigenvalue weighted by Gasteiger charge is -2.18. The van der Waals surface area contributed by atoms with Gasteiger partial charge in [0.2, 0.25) is 0 Å². The van der Waals surface area contributed by atoms with Crippen LogP contribution in [0.4, 0.5) is 5.69 Å². The van der Waals surface area contributed by atoms with E-state index in [1.54, 1.807) is 17.4 Å². The van der Waals surface area contributed by atoms with Crippen LogP contribution < -0.4 is 10.6 Å². The lowest BCUT2D eigenvalue weighted by Crippen LogP contribution is -2.35. The molecule has 0 aliphatic carbocycles. The number of amides is 2. The Kier molecular flexibility index (Phi) is 4.20. The zero-order valence-electron chi connectivity index (χ0n) is 34.9. The van der Waals surface area contributed by atoms with Gasteiger partial charge in [0.25, 0.3) is 11.8 Å². The molecule has 3 heterocycles. The molecule has 3 N–H and O–H groups in total. The van der Waals surface area contributed by atoms with Gasteiger partial charge in [0.15, 0.2) is 0 Å². The van der Waals surface area contributed by atoms with E-state index < -0.39 is 56.4 Å². The molecule has 1 aliphatic rings. The van der Waals surface area contributed by atoms with Crippen molar-refractivity contribution in [2.75, 3.05) is 31.3 Å². The van der Waals surface area contributed by atoms with Crippen molar-refractivity contribution in [2.24, 2.45) is 0 Å². The van der Waals surface area contributed by atoms with Crippen molar-refractivity contribution < 1.29 is 28.8 Å². The monoisotopic (exact) mass is 553 g/mol. The minimum atomic E-state index is -4.12. The van der Waals surface area contributed by atoms with E-state index in [0.29, 0.717) is 16.9 Å². The third-order valence-corrected chi connectivity index (χ3v) is 7.07. The number of nitrogens with zero attached hydrogens (tertiary/aromatic N) is 2. The topological polar surface area (TPSA) is 90.1 Å². The average molecular weight is 554 g/mol. The van der Waals surface area contributed by atoms with Crippen molar-refractivity contribution >= 4 is 40.5 Å². The lowest BCUT2D eigenvalue weighted by atomic mass is 10.0. The summed E-state index contributed by atoms with van der Waals surface area (Å²) in [6.07, 6.45) is 1.48. The molecule has 0 radical (unpaired) electrons. The first-order valence-corrected chi connectivity index (χ1v) is 12.6. The Bertz CT molecular complexity index is 2080. The number of likely N-dealkylation sites (N-methyl/N-ethyl adjacent to an activating group) is 1. The van der Waals surface area contributed by atoms with Crippen LogP contribution in [0, 0.1) is 13.8 Å². The SMILES string of the molecule is [2H]C([2H])([2H])C([2H])([2H])N(C([2H])([2H])C([2H])([2H])[2H])C([2H])([2H])C([2H])([2H])NC(=O)c1c(C)[nH]c(/C=C2\C(=O)Nc3ccc(-c4csc(-c5ccccc5)n4)cc32)c1C. The van der Waals surface area contributed by atoms with Gasteiger partial charge in [-0.15, -0.1) is 11.3 Å². The van der Waals surface area contributed by atoms with E-state index in [9.17, 15) is 9.59 Å². The molecule has 1 aliphatic heterocycles. The Morgan fingerprint density at radius 2 is 1.95 bits per heavy atom. The van der Waals surface area contributed by atoms with Crippen LogP contribution in [0.25, 0.3) is 33.5 Å². The number of carbonyl (C=O) groups is 2. The van der Waals surface area contributed by atoms with E-state index >= 15 is 0 Å².